The molecule has 2 aromatic carbocycles. The van der Waals surface area contributed by atoms with E-state index < -0.39 is 17.2 Å². The molecule has 0 aromatic heterocycles. The van der Waals surface area contributed by atoms with E-state index in [-0.39, 0.29) is 0 Å². The Morgan fingerprint density at radius 2 is 1.76 bits per heavy atom. The van der Waals surface area contributed by atoms with Gasteiger partial charge in [0.15, 0.2) is 0 Å². The van der Waals surface area contributed by atoms with Gasteiger partial charge in [-0.15, -0.1) is 0 Å². The van der Waals surface area contributed by atoms with Crippen LogP contribution in [0.2, 0.25) is 0 Å². The van der Waals surface area contributed by atoms with Crippen LogP contribution in [0, 0.1) is 0 Å². The summed E-state index contributed by atoms with van der Waals surface area (Å²) in [6.45, 7) is 0.408. The van der Waals surface area contributed by atoms with Gasteiger partial charge in [0.2, 0.25) is 0 Å². The number of anilines is 1. The van der Waals surface area contributed by atoms with Crippen LogP contribution < -0.4 is 15.2 Å². The SMILES string of the molecule is NCc1ccc(C(=O)Oc2ccc(NS(=O)[O-])cc2)cc1. The summed E-state index contributed by atoms with van der Waals surface area (Å²) >= 11 is -2.38. The average molecular weight is 305 g/mol. The third kappa shape index (κ3) is 4.38. The molecule has 0 saturated carbocycles. The molecule has 0 radical (unpaired) electrons. The molecule has 1 atom stereocenters. The van der Waals surface area contributed by atoms with E-state index in [2.05, 4.69) is 4.72 Å². The second-order valence-electron chi connectivity index (χ2n) is 4.15. The fraction of sp³-hybridized carbons (Fsp3) is 0.0714. The van der Waals surface area contributed by atoms with Gasteiger partial charge in [0.1, 0.15) is 5.75 Å². The Kier molecular flexibility index (Phi) is 5.04. The van der Waals surface area contributed by atoms with Gasteiger partial charge in [-0.1, -0.05) is 12.1 Å². The number of hydrogen-bond donors (Lipinski definition) is 2. The highest BCUT2D eigenvalue weighted by molar-refractivity contribution is 7.80. The molecule has 0 fully saturated rings. The molecule has 21 heavy (non-hydrogen) atoms. The standard InChI is InChI=1S/C14H14N2O4S/c15-9-10-1-3-11(4-2-10)14(17)20-13-7-5-12(6-8-13)16-21(18)19/h1-8,16H,9,15H2,(H,18,19)/p-1. The highest BCUT2D eigenvalue weighted by Crippen LogP contribution is 2.17. The van der Waals surface area contributed by atoms with Gasteiger partial charge < -0.3 is 19.7 Å². The van der Waals surface area contributed by atoms with Gasteiger partial charge in [-0.25, -0.2) is 4.79 Å². The van der Waals surface area contributed by atoms with E-state index in [0.717, 1.165) is 5.56 Å². The predicted octanol–water partition coefficient (Wildman–Crippen LogP) is 1.57. The molecule has 2 aromatic rings. The average Bonchev–Trinajstić information content (AvgIpc) is 2.49. The van der Waals surface area contributed by atoms with E-state index in [1.54, 1.807) is 24.3 Å². The van der Waals surface area contributed by atoms with Crippen molar-refractivity contribution in [2.45, 2.75) is 6.54 Å². The summed E-state index contributed by atoms with van der Waals surface area (Å²) < 4.78 is 28.3. The summed E-state index contributed by atoms with van der Waals surface area (Å²) in [6.07, 6.45) is 0. The lowest BCUT2D eigenvalue weighted by molar-refractivity contribution is 0.0734. The molecule has 0 aliphatic carbocycles. The van der Waals surface area contributed by atoms with Crippen molar-refractivity contribution in [3.63, 3.8) is 0 Å². The quantitative estimate of drug-likeness (QED) is 0.495. The number of carbonyl (C=O) groups excluding carboxylic acids is 1. The highest BCUT2D eigenvalue weighted by atomic mass is 32.2. The Morgan fingerprint density at radius 1 is 1.14 bits per heavy atom. The van der Waals surface area contributed by atoms with Crippen molar-refractivity contribution >= 4 is 22.9 Å². The van der Waals surface area contributed by atoms with Crippen LogP contribution in [0.5, 0.6) is 5.75 Å². The van der Waals surface area contributed by atoms with Crippen LogP contribution in [0.3, 0.4) is 0 Å². The molecule has 3 N–H and O–H groups in total. The van der Waals surface area contributed by atoms with Crippen LogP contribution in [0.25, 0.3) is 0 Å². The van der Waals surface area contributed by atoms with Gasteiger partial charge in [0.05, 0.1) is 5.56 Å². The number of carbonyl (C=O) groups is 1. The molecule has 110 valence electrons. The van der Waals surface area contributed by atoms with E-state index >= 15 is 0 Å². The zero-order valence-electron chi connectivity index (χ0n) is 10.9. The predicted molar refractivity (Wildman–Crippen MR) is 78.3 cm³/mol. The Morgan fingerprint density at radius 3 is 2.29 bits per heavy atom. The van der Waals surface area contributed by atoms with Gasteiger partial charge in [-0.05, 0) is 42.0 Å². The molecule has 0 saturated heterocycles. The molecule has 0 spiro atoms. The first-order chi connectivity index (χ1) is 10.1. The number of hydrogen-bond acceptors (Lipinski definition) is 5. The number of nitrogens with two attached hydrogens (primary N) is 1. The third-order valence-corrected chi connectivity index (χ3v) is 3.09. The second-order valence-corrected chi connectivity index (χ2v) is 4.83. The maximum atomic E-state index is 11.9. The fourth-order valence-corrected chi connectivity index (χ4v) is 1.96. The number of esters is 1. The molecule has 0 amide bonds. The fourth-order valence-electron chi connectivity index (χ4n) is 1.63. The Hall–Kier alpha value is -2.22. The van der Waals surface area contributed by atoms with E-state index in [0.29, 0.717) is 23.5 Å². The first kappa shape index (κ1) is 15.2. The van der Waals surface area contributed by atoms with Crippen molar-refractivity contribution in [3.05, 3.63) is 59.7 Å². The molecule has 6 nitrogen and oxygen atoms in total. The van der Waals surface area contributed by atoms with Crippen molar-refractivity contribution in [2.75, 3.05) is 4.72 Å². The second kappa shape index (κ2) is 6.98. The number of ether oxygens (including phenoxy) is 1. The Labute approximate surface area is 124 Å². The first-order valence-corrected chi connectivity index (χ1v) is 7.13. The van der Waals surface area contributed by atoms with E-state index in [1.165, 1.54) is 24.3 Å². The molecule has 1 unspecified atom stereocenters. The van der Waals surface area contributed by atoms with Crippen LogP contribution in [0.15, 0.2) is 48.5 Å². The highest BCUT2D eigenvalue weighted by Gasteiger charge is 2.08. The molecule has 0 aliphatic heterocycles. The number of rotatable bonds is 5. The topological polar surface area (TPSA) is 104 Å². The summed E-state index contributed by atoms with van der Waals surface area (Å²) in [5, 5.41) is 0. The number of benzene rings is 2. The smallest absolute Gasteiger partial charge is 0.343 e. The van der Waals surface area contributed by atoms with Crippen molar-refractivity contribution in [3.8, 4) is 5.75 Å². The van der Waals surface area contributed by atoms with Crippen molar-refractivity contribution in [1.29, 1.82) is 0 Å². The van der Waals surface area contributed by atoms with Gasteiger partial charge in [0, 0.05) is 23.5 Å². The van der Waals surface area contributed by atoms with Crippen molar-refractivity contribution in [1.82, 2.24) is 0 Å². The van der Waals surface area contributed by atoms with E-state index in [4.69, 9.17) is 10.5 Å². The van der Waals surface area contributed by atoms with Crippen LogP contribution in [0.4, 0.5) is 5.69 Å². The molecular formula is C14H13N2O4S-. The zero-order chi connectivity index (χ0) is 15.2. The van der Waals surface area contributed by atoms with Gasteiger partial charge in [0.25, 0.3) is 0 Å². The summed E-state index contributed by atoms with van der Waals surface area (Å²) in [5.74, 6) is -0.170. The molecule has 2 rings (SSSR count). The third-order valence-electron chi connectivity index (χ3n) is 2.69. The van der Waals surface area contributed by atoms with Crippen LogP contribution >= 0.6 is 0 Å². The largest absolute Gasteiger partial charge is 0.755 e. The van der Waals surface area contributed by atoms with Crippen molar-refractivity contribution < 1.29 is 18.3 Å². The van der Waals surface area contributed by atoms with Crippen molar-refractivity contribution in [2.24, 2.45) is 5.73 Å². The molecule has 0 heterocycles. The zero-order valence-corrected chi connectivity index (χ0v) is 11.8. The van der Waals surface area contributed by atoms with Gasteiger partial charge in [-0.3, -0.25) is 4.21 Å². The minimum Gasteiger partial charge on any atom is -0.755 e. The summed E-state index contributed by atoms with van der Waals surface area (Å²) in [5.41, 5.74) is 7.20. The minimum absolute atomic E-state index is 0.324. The van der Waals surface area contributed by atoms with Crippen LogP contribution in [0.1, 0.15) is 15.9 Å². The summed E-state index contributed by atoms with van der Waals surface area (Å²) in [6, 6.07) is 12.8. The Bertz CT molecular complexity index is 641. The monoisotopic (exact) mass is 305 g/mol. The molecular weight excluding hydrogens is 292 g/mol. The maximum absolute atomic E-state index is 11.9. The summed E-state index contributed by atoms with van der Waals surface area (Å²) in [7, 11) is 0. The lowest BCUT2D eigenvalue weighted by Gasteiger charge is -2.09. The van der Waals surface area contributed by atoms with Crippen LogP contribution in [-0.4, -0.2) is 14.7 Å². The lowest BCUT2D eigenvalue weighted by atomic mass is 10.1. The lowest BCUT2D eigenvalue weighted by Crippen LogP contribution is -2.09. The van der Waals surface area contributed by atoms with E-state index in [1.807, 2.05) is 0 Å². The van der Waals surface area contributed by atoms with Gasteiger partial charge in [-0.2, -0.15) is 0 Å². The van der Waals surface area contributed by atoms with Gasteiger partial charge >= 0.3 is 5.97 Å². The first-order valence-electron chi connectivity index (χ1n) is 6.05. The molecule has 0 bridgehead atoms. The minimum atomic E-state index is -2.38. The van der Waals surface area contributed by atoms with Crippen LogP contribution in [-0.2, 0) is 17.8 Å². The Balaban J connectivity index is 2.03. The van der Waals surface area contributed by atoms with E-state index in [9.17, 15) is 13.6 Å². The molecule has 0 aliphatic rings. The number of nitrogens with one attached hydrogen (secondary N) is 1. The summed E-state index contributed by atoms with van der Waals surface area (Å²) in [4.78, 5) is 11.9. The maximum Gasteiger partial charge on any atom is 0.343 e. The molecule has 7 heteroatoms. The normalized spacial score (nSPS) is 11.7.